The molecule has 0 aliphatic carbocycles. The molecular formula is C16H18N2O6. The molecule has 2 N–H and O–H groups in total. The number of carbonyl (C=O) groups excluding carboxylic acids is 2. The number of aliphatic carboxylic acids is 1. The van der Waals surface area contributed by atoms with E-state index in [0.717, 1.165) is 11.6 Å². The zero-order valence-corrected chi connectivity index (χ0v) is 13.0. The van der Waals surface area contributed by atoms with Crippen LogP contribution in [0.25, 0.3) is 0 Å². The number of pyridine rings is 1. The monoisotopic (exact) mass is 334 g/mol. The molecular weight excluding hydrogens is 316 g/mol. The fraction of sp³-hybridized carbons (Fsp3) is 0.438. The Morgan fingerprint density at radius 2 is 2.21 bits per heavy atom. The Morgan fingerprint density at radius 3 is 2.83 bits per heavy atom. The Balaban J connectivity index is 1.87. The van der Waals surface area contributed by atoms with Crippen molar-refractivity contribution in [2.45, 2.75) is 30.8 Å². The van der Waals surface area contributed by atoms with Crippen molar-refractivity contribution in [2.24, 2.45) is 0 Å². The van der Waals surface area contributed by atoms with Crippen molar-refractivity contribution in [3.05, 3.63) is 41.9 Å². The van der Waals surface area contributed by atoms with Gasteiger partial charge in [-0.1, -0.05) is 0 Å². The summed E-state index contributed by atoms with van der Waals surface area (Å²) in [6, 6.07) is 3.58. The highest BCUT2D eigenvalue weighted by atomic mass is 16.5. The number of carboxylic acids is 1. The summed E-state index contributed by atoms with van der Waals surface area (Å²) in [5.74, 6) is -2.02. The van der Waals surface area contributed by atoms with Crippen molar-refractivity contribution in [1.29, 1.82) is 0 Å². The Morgan fingerprint density at radius 1 is 1.46 bits per heavy atom. The minimum Gasteiger partial charge on any atom is -0.542 e. The minimum absolute atomic E-state index is 0.0109. The quantitative estimate of drug-likeness (QED) is 0.607. The summed E-state index contributed by atoms with van der Waals surface area (Å²) >= 11 is 0. The van der Waals surface area contributed by atoms with Crippen LogP contribution in [-0.4, -0.2) is 52.8 Å². The first kappa shape index (κ1) is 16.4. The van der Waals surface area contributed by atoms with Gasteiger partial charge in [0.2, 0.25) is 5.91 Å². The van der Waals surface area contributed by atoms with Gasteiger partial charge in [-0.25, -0.2) is 0 Å². The number of hydrogen-bond acceptors (Lipinski definition) is 6. The van der Waals surface area contributed by atoms with Crippen LogP contribution in [0.5, 0.6) is 0 Å². The molecule has 0 radical (unpaired) electrons. The van der Waals surface area contributed by atoms with Crippen LogP contribution in [0.15, 0.2) is 36.4 Å². The molecule has 1 aromatic heterocycles. The third-order valence-electron chi connectivity index (χ3n) is 4.36. The molecule has 0 spiro atoms. The molecule has 3 heterocycles. The molecule has 0 saturated carbocycles. The number of aromatic nitrogens is 1. The van der Waals surface area contributed by atoms with Crippen LogP contribution in [0.1, 0.15) is 24.1 Å². The van der Waals surface area contributed by atoms with E-state index in [-0.39, 0.29) is 11.8 Å². The summed E-state index contributed by atoms with van der Waals surface area (Å²) in [7, 11) is 1.74. The predicted octanol–water partition coefficient (Wildman–Crippen LogP) is -2.20. The molecule has 8 heteroatoms. The number of likely N-dealkylation sites (N-methyl/N-ethyl adjacent to an activating group) is 1. The maximum atomic E-state index is 11.7. The van der Waals surface area contributed by atoms with Crippen molar-refractivity contribution < 1.29 is 34.2 Å². The molecule has 1 amide bonds. The summed E-state index contributed by atoms with van der Waals surface area (Å²) in [6.45, 7) is 0.587. The molecule has 1 saturated heterocycles. The number of aliphatic hydroxyl groups is 2. The van der Waals surface area contributed by atoms with Crippen molar-refractivity contribution in [3.63, 3.8) is 0 Å². The fourth-order valence-corrected chi connectivity index (χ4v) is 3.01. The molecule has 8 nitrogen and oxygen atoms in total. The number of hydrogen-bond donors (Lipinski definition) is 2. The topological polar surface area (TPSA) is 114 Å². The first-order chi connectivity index (χ1) is 11.4. The summed E-state index contributed by atoms with van der Waals surface area (Å²) in [5.41, 5.74) is 0.866. The molecule has 1 fully saturated rings. The van der Waals surface area contributed by atoms with Crippen LogP contribution >= 0.6 is 0 Å². The SMILES string of the molecule is CN1C[C@H](c2ccc[n+]([C@@H]3OC(C(=O)[O-])=C[C@H](O)[C@H]3O)c2)CC1=O. The lowest BCUT2D eigenvalue weighted by atomic mass is 10.00. The summed E-state index contributed by atoms with van der Waals surface area (Å²) in [6.07, 6.45) is 0.770. The Hall–Kier alpha value is -2.45. The maximum absolute atomic E-state index is 11.7. The molecule has 128 valence electrons. The average Bonchev–Trinajstić information content (AvgIpc) is 2.89. The van der Waals surface area contributed by atoms with E-state index in [2.05, 4.69) is 0 Å². The van der Waals surface area contributed by atoms with E-state index >= 15 is 0 Å². The Kier molecular flexibility index (Phi) is 4.25. The zero-order chi connectivity index (χ0) is 17.4. The van der Waals surface area contributed by atoms with Gasteiger partial charge < -0.3 is 29.8 Å². The lowest BCUT2D eigenvalue weighted by Crippen LogP contribution is -2.53. The van der Waals surface area contributed by atoms with Gasteiger partial charge in [-0.15, -0.1) is 0 Å². The highest BCUT2D eigenvalue weighted by Crippen LogP contribution is 2.27. The largest absolute Gasteiger partial charge is 0.542 e. The van der Waals surface area contributed by atoms with Gasteiger partial charge in [-0.05, 0) is 12.1 Å². The number of likely N-dealkylation sites (tertiary alicyclic amines) is 1. The van der Waals surface area contributed by atoms with Crippen molar-refractivity contribution >= 4 is 11.9 Å². The molecule has 4 atom stereocenters. The molecule has 0 bridgehead atoms. The van der Waals surface area contributed by atoms with E-state index < -0.39 is 30.2 Å². The van der Waals surface area contributed by atoms with Crippen LogP contribution in [0.2, 0.25) is 0 Å². The van der Waals surface area contributed by atoms with E-state index in [4.69, 9.17) is 4.74 Å². The first-order valence-corrected chi connectivity index (χ1v) is 7.57. The zero-order valence-electron chi connectivity index (χ0n) is 13.0. The predicted molar refractivity (Wildman–Crippen MR) is 76.9 cm³/mol. The van der Waals surface area contributed by atoms with Gasteiger partial charge in [0.1, 0.15) is 17.8 Å². The van der Waals surface area contributed by atoms with E-state index in [1.807, 2.05) is 6.07 Å². The second kappa shape index (κ2) is 6.21. The van der Waals surface area contributed by atoms with Crippen LogP contribution in [-0.2, 0) is 14.3 Å². The fourth-order valence-electron chi connectivity index (χ4n) is 3.01. The van der Waals surface area contributed by atoms with Gasteiger partial charge in [0.25, 0.3) is 0 Å². The lowest BCUT2D eigenvalue weighted by Gasteiger charge is -2.28. The number of aliphatic hydroxyl groups excluding tert-OH is 2. The number of rotatable bonds is 3. The summed E-state index contributed by atoms with van der Waals surface area (Å²) in [5, 5.41) is 30.9. The third kappa shape index (κ3) is 2.98. The number of amides is 1. The minimum atomic E-state index is -1.56. The van der Waals surface area contributed by atoms with Crippen LogP contribution < -0.4 is 9.67 Å². The smallest absolute Gasteiger partial charge is 0.331 e. The number of nitrogens with zero attached hydrogens (tertiary/aromatic N) is 2. The molecule has 2 aliphatic rings. The number of ether oxygens (including phenoxy) is 1. The standard InChI is InChI=1S/C16H18N2O6/c1-17-7-10(5-13(17)20)9-3-2-4-18(8-9)15-14(21)11(19)6-12(24-15)16(22)23/h2-4,6,8,10-11,14-15,19,21H,5,7H2,1H3/t10-,11+,14-,15-/m1/s1. The van der Waals surface area contributed by atoms with Crippen LogP contribution in [0.4, 0.5) is 0 Å². The number of carboxylic acid groups (broad SMARTS) is 1. The molecule has 2 aliphatic heterocycles. The molecule has 0 aromatic carbocycles. The molecule has 3 rings (SSSR count). The third-order valence-corrected chi connectivity index (χ3v) is 4.36. The highest BCUT2D eigenvalue weighted by Gasteiger charge is 2.40. The average molecular weight is 334 g/mol. The van der Waals surface area contributed by atoms with Gasteiger partial charge in [0, 0.05) is 37.6 Å². The van der Waals surface area contributed by atoms with Crippen LogP contribution in [0, 0.1) is 0 Å². The van der Waals surface area contributed by atoms with E-state index in [9.17, 15) is 24.9 Å². The molecule has 1 aromatic rings. The van der Waals surface area contributed by atoms with Gasteiger partial charge in [0.05, 0.1) is 0 Å². The van der Waals surface area contributed by atoms with E-state index in [1.165, 1.54) is 4.57 Å². The Bertz CT molecular complexity index is 704. The van der Waals surface area contributed by atoms with Gasteiger partial charge in [0.15, 0.2) is 18.5 Å². The maximum Gasteiger partial charge on any atom is 0.331 e. The first-order valence-electron chi connectivity index (χ1n) is 7.57. The molecule has 24 heavy (non-hydrogen) atoms. The second-order valence-electron chi connectivity index (χ2n) is 6.07. The van der Waals surface area contributed by atoms with E-state index in [1.54, 1.807) is 30.4 Å². The van der Waals surface area contributed by atoms with Crippen LogP contribution in [0.3, 0.4) is 0 Å². The normalized spacial score (nSPS) is 30.0. The molecule has 0 unspecified atom stereocenters. The van der Waals surface area contributed by atoms with Crippen molar-refractivity contribution in [2.75, 3.05) is 13.6 Å². The van der Waals surface area contributed by atoms with E-state index in [0.29, 0.717) is 13.0 Å². The second-order valence-corrected chi connectivity index (χ2v) is 6.07. The van der Waals surface area contributed by atoms with Crippen molar-refractivity contribution in [1.82, 2.24) is 4.90 Å². The Labute approximate surface area is 138 Å². The van der Waals surface area contributed by atoms with Gasteiger partial charge in [-0.3, -0.25) is 4.79 Å². The highest BCUT2D eigenvalue weighted by molar-refractivity contribution is 5.82. The summed E-state index contributed by atoms with van der Waals surface area (Å²) < 4.78 is 6.74. The van der Waals surface area contributed by atoms with Gasteiger partial charge in [-0.2, -0.15) is 4.57 Å². The summed E-state index contributed by atoms with van der Waals surface area (Å²) in [4.78, 5) is 24.3. The lowest BCUT2D eigenvalue weighted by molar-refractivity contribution is -0.769. The van der Waals surface area contributed by atoms with Gasteiger partial charge >= 0.3 is 6.23 Å². The van der Waals surface area contributed by atoms with Crippen molar-refractivity contribution in [3.8, 4) is 0 Å². The number of carbonyl (C=O) groups is 2.